The highest BCUT2D eigenvalue weighted by Gasteiger charge is 2.14. The van der Waals surface area contributed by atoms with Gasteiger partial charge >= 0.3 is 0 Å². The number of nitrogens with two attached hydrogens (primary N) is 1. The minimum Gasteiger partial charge on any atom is -0.324 e. The number of carbonyl (C=O) groups is 1. The first-order chi connectivity index (χ1) is 10.1. The smallest absolute Gasteiger partial charge is 0.241 e. The second-order valence-corrected chi connectivity index (χ2v) is 5.44. The summed E-state index contributed by atoms with van der Waals surface area (Å²) in [4.78, 5) is 12.1. The second-order valence-electron chi connectivity index (χ2n) is 5.03. The molecule has 0 radical (unpaired) electrons. The molecule has 2 rings (SSSR count). The van der Waals surface area contributed by atoms with Gasteiger partial charge in [-0.1, -0.05) is 48.0 Å². The van der Waals surface area contributed by atoms with E-state index in [1.165, 1.54) is 5.56 Å². The molecule has 0 heterocycles. The fourth-order valence-corrected chi connectivity index (χ4v) is 2.24. The Bertz CT molecular complexity index is 613. The Hall–Kier alpha value is -1.84. The maximum absolute atomic E-state index is 12.1. The molecule has 0 saturated heterocycles. The second kappa shape index (κ2) is 7.25. The van der Waals surface area contributed by atoms with Gasteiger partial charge in [-0.2, -0.15) is 0 Å². The molecule has 3 nitrogen and oxygen atoms in total. The van der Waals surface area contributed by atoms with E-state index in [0.717, 1.165) is 12.0 Å². The number of rotatable bonds is 5. The van der Waals surface area contributed by atoms with Crippen LogP contribution in [-0.4, -0.2) is 11.9 Å². The molecular formula is C17H19ClN2O. The first-order valence-electron chi connectivity index (χ1n) is 6.93. The van der Waals surface area contributed by atoms with Gasteiger partial charge in [-0.3, -0.25) is 4.79 Å². The molecular weight excluding hydrogens is 284 g/mol. The summed E-state index contributed by atoms with van der Waals surface area (Å²) in [6.45, 7) is 1.87. The van der Waals surface area contributed by atoms with E-state index in [9.17, 15) is 4.79 Å². The van der Waals surface area contributed by atoms with Crippen LogP contribution in [0.2, 0.25) is 5.02 Å². The van der Waals surface area contributed by atoms with Crippen molar-refractivity contribution in [1.29, 1.82) is 0 Å². The highest BCUT2D eigenvalue weighted by atomic mass is 35.5. The third kappa shape index (κ3) is 4.31. The van der Waals surface area contributed by atoms with Crippen LogP contribution in [0.4, 0.5) is 5.69 Å². The Morgan fingerprint density at radius 3 is 2.62 bits per heavy atom. The van der Waals surface area contributed by atoms with Crippen LogP contribution in [0, 0.1) is 6.92 Å². The zero-order valence-corrected chi connectivity index (χ0v) is 12.7. The summed E-state index contributed by atoms with van der Waals surface area (Å²) in [5.74, 6) is -0.184. The van der Waals surface area contributed by atoms with Gasteiger partial charge < -0.3 is 11.1 Å². The number of carbonyl (C=O) groups excluding carboxylic acids is 1. The third-order valence-electron chi connectivity index (χ3n) is 3.45. The van der Waals surface area contributed by atoms with E-state index in [1.807, 2.05) is 43.3 Å². The van der Waals surface area contributed by atoms with Crippen molar-refractivity contribution < 1.29 is 4.79 Å². The van der Waals surface area contributed by atoms with Crippen LogP contribution < -0.4 is 11.1 Å². The van der Waals surface area contributed by atoms with E-state index < -0.39 is 6.04 Å². The molecule has 1 atom stereocenters. The molecule has 0 bridgehead atoms. The van der Waals surface area contributed by atoms with E-state index >= 15 is 0 Å². The molecule has 1 amide bonds. The molecule has 0 aromatic heterocycles. The van der Waals surface area contributed by atoms with Gasteiger partial charge in [0.25, 0.3) is 0 Å². The van der Waals surface area contributed by atoms with Crippen LogP contribution in [0.25, 0.3) is 0 Å². The van der Waals surface area contributed by atoms with Crippen LogP contribution in [-0.2, 0) is 11.2 Å². The van der Waals surface area contributed by atoms with E-state index in [2.05, 4.69) is 5.32 Å². The van der Waals surface area contributed by atoms with E-state index in [-0.39, 0.29) is 5.91 Å². The van der Waals surface area contributed by atoms with Gasteiger partial charge in [-0.05, 0) is 43.0 Å². The minimum atomic E-state index is -0.538. The van der Waals surface area contributed by atoms with Crippen LogP contribution in [0.3, 0.4) is 0 Å². The summed E-state index contributed by atoms with van der Waals surface area (Å²) in [5, 5.41) is 3.47. The van der Waals surface area contributed by atoms with Gasteiger partial charge in [0.2, 0.25) is 5.91 Å². The maximum Gasteiger partial charge on any atom is 0.241 e. The monoisotopic (exact) mass is 302 g/mol. The van der Waals surface area contributed by atoms with Crippen LogP contribution in [0.5, 0.6) is 0 Å². The molecule has 0 spiro atoms. The number of nitrogens with one attached hydrogen (secondary N) is 1. The average molecular weight is 303 g/mol. The van der Waals surface area contributed by atoms with Crippen molar-refractivity contribution in [2.75, 3.05) is 5.32 Å². The predicted molar refractivity (Wildman–Crippen MR) is 87.6 cm³/mol. The lowest BCUT2D eigenvalue weighted by Gasteiger charge is -2.14. The van der Waals surface area contributed by atoms with E-state index in [4.69, 9.17) is 17.3 Å². The Morgan fingerprint density at radius 1 is 1.19 bits per heavy atom. The van der Waals surface area contributed by atoms with Crippen molar-refractivity contribution in [2.45, 2.75) is 25.8 Å². The quantitative estimate of drug-likeness (QED) is 0.887. The zero-order chi connectivity index (χ0) is 15.2. The SMILES string of the molecule is Cc1c(Cl)cccc1NC(=O)[C@@H](N)CCc1ccccc1. The van der Waals surface area contributed by atoms with E-state index in [0.29, 0.717) is 17.1 Å². The minimum absolute atomic E-state index is 0.184. The number of hydrogen-bond donors (Lipinski definition) is 2. The van der Waals surface area contributed by atoms with Gasteiger partial charge in [-0.15, -0.1) is 0 Å². The molecule has 0 fully saturated rings. The lowest BCUT2D eigenvalue weighted by atomic mass is 10.1. The molecule has 21 heavy (non-hydrogen) atoms. The summed E-state index contributed by atoms with van der Waals surface area (Å²) in [7, 11) is 0. The van der Waals surface area contributed by atoms with E-state index in [1.54, 1.807) is 12.1 Å². The Balaban J connectivity index is 1.92. The molecule has 0 aliphatic heterocycles. The molecule has 3 N–H and O–H groups in total. The Morgan fingerprint density at radius 2 is 1.90 bits per heavy atom. The zero-order valence-electron chi connectivity index (χ0n) is 12.0. The molecule has 0 aliphatic carbocycles. The average Bonchev–Trinajstić information content (AvgIpc) is 2.50. The fourth-order valence-electron chi connectivity index (χ4n) is 2.07. The van der Waals surface area contributed by atoms with Crippen molar-refractivity contribution in [1.82, 2.24) is 0 Å². The summed E-state index contributed by atoms with van der Waals surface area (Å²) in [6, 6.07) is 14.9. The summed E-state index contributed by atoms with van der Waals surface area (Å²) in [6.07, 6.45) is 1.39. The third-order valence-corrected chi connectivity index (χ3v) is 3.86. The molecule has 0 aliphatic rings. The lowest BCUT2D eigenvalue weighted by Crippen LogP contribution is -2.36. The number of hydrogen-bond acceptors (Lipinski definition) is 2. The first-order valence-corrected chi connectivity index (χ1v) is 7.31. The van der Waals surface area contributed by atoms with Crippen LogP contribution in [0.15, 0.2) is 48.5 Å². The number of amides is 1. The molecule has 2 aromatic rings. The number of aryl methyl sites for hydroxylation is 1. The van der Waals surface area contributed by atoms with Crippen molar-refractivity contribution in [2.24, 2.45) is 5.73 Å². The Labute approximate surface area is 130 Å². The molecule has 110 valence electrons. The number of halogens is 1. The largest absolute Gasteiger partial charge is 0.324 e. The number of anilines is 1. The van der Waals surface area contributed by atoms with Crippen molar-refractivity contribution >= 4 is 23.2 Å². The van der Waals surface area contributed by atoms with Gasteiger partial charge in [0.15, 0.2) is 0 Å². The van der Waals surface area contributed by atoms with Crippen molar-refractivity contribution in [3.63, 3.8) is 0 Å². The van der Waals surface area contributed by atoms with Gasteiger partial charge in [0.05, 0.1) is 6.04 Å². The molecule has 2 aromatic carbocycles. The van der Waals surface area contributed by atoms with Gasteiger partial charge in [0.1, 0.15) is 0 Å². The van der Waals surface area contributed by atoms with Crippen molar-refractivity contribution in [3.8, 4) is 0 Å². The standard InChI is InChI=1S/C17H19ClN2O/c1-12-14(18)8-5-9-16(12)20-17(21)15(19)11-10-13-6-3-2-4-7-13/h2-9,15H,10-11,19H2,1H3,(H,20,21)/t15-/m0/s1. The molecule has 0 saturated carbocycles. The summed E-state index contributed by atoms with van der Waals surface area (Å²) >= 11 is 6.04. The predicted octanol–water partition coefficient (Wildman–Crippen LogP) is 3.55. The van der Waals surface area contributed by atoms with Gasteiger partial charge in [-0.25, -0.2) is 0 Å². The molecule has 0 unspecified atom stereocenters. The maximum atomic E-state index is 12.1. The summed E-state index contributed by atoms with van der Waals surface area (Å²) in [5.41, 5.74) is 8.70. The highest BCUT2D eigenvalue weighted by molar-refractivity contribution is 6.31. The summed E-state index contributed by atoms with van der Waals surface area (Å²) < 4.78 is 0. The Kier molecular flexibility index (Phi) is 5.37. The highest BCUT2D eigenvalue weighted by Crippen LogP contribution is 2.23. The fraction of sp³-hybridized carbons (Fsp3) is 0.235. The van der Waals surface area contributed by atoms with Crippen molar-refractivity contribution in [3.05, 3.63) is 64.7 Å². The molecule has 4 heteroatoms. The lowest BCUT2D eigenvalue weighted by molar-refractivity contribution is -0.117. The van der Waals surface area contributed by atoms with Crippen LogP contribution in [0.1, 0.15) is 17.5 Å². The topological polar surface area (TPSA) is 55.1 Å². The van der Waals surface area contributed by atoms with Crippen LogP contribution >= 0.6 is 11.6 Å². The normalized spacial score (nSPS) is 12.0. The first kappa shape index (κ1) is 15.5. The van der Waals surface area contributed by atoms with Gasteiger partial charge in [0, 0.05) is 10.7 Å². The number of benzene rings is 2.